The average Bonchev–Trinajstić information content (AvgIpc) is 2.83. The highest BCUT2D eigenvalue weighted by Crippen LogP contribution is 2.20. The summed E-state index contributed by atoms with van der Waals surface area (Å²) in [7, 11) is 0. The maximum Gasteiger partial charge on any atom is 0.0786 e. The van der Waals surface area contributed by atoms with Gasteiger partial charge in [-0.3, -0.25) is 0 Å². The molecule has 0 aliphatic rings. The van der Waals surface area contributed by atoms with Crippen LogP contribution in [-0.2, 0) is 0 Å². The van der Waals surface area contributed by atoms with Crippen molar-refractivity contribution < 1.29 is 28.5 Å². The number of hydrogen-bond acceptors (Lipinski definition) is 0. The lowest BCUT2D eigenvalue weighted by Crippen LogP contribution is -3.00. The minimum atomic E-state index is 0. The monoisotopic (exact) mass is 593 g/mol. The molecule has 0 rings (SSSR count). The van der Waals surface area contributed by atoms with Crippen LogP contribution >= 0.6 is 0 Å². The van der Waals surface area contributed by atoms with Gasteiger partial charge in [-0.05, 0) is 51.4 Å². The topological polar surface area (TPSA) is 0 Å². The molecule has 34 heavy (non-hydrogen) atoms. The summed E-state index contributed by atoms with van der Waals surface area (Å²) in [6, 6.07) is 0. The van der Waals surface area contributed by atoms with E-state index in [2.05, 4.69) is 27.7 Å². The molecule has 0 spiro atoms. The fraction of sp³-hybridized carbons (Fsp3) is 1.00. The first kappa shape index (κ1) is 36.8. The summed E-state index contributed by atoms with van der Waals surface area (Å²) in [5.41, 5.74) is 0. The standard InChI is InChI=1S/C32H68N.HI/c1-5-9-13-17-21-25-29-33(30-26-22-18-14-10-6-2,31-27-23-19-15-11-7-3)32-28-24-20-16-12-8-4;/h5-32H2,1-4H3;1H/q+1;/p-1. The van der Waals surface area contributed by atoms with Crippen molar-refractivity contribution >= 4 is 0 Å². The summed E-state index contributed by atoms with van der Waals surface area (Å²) >= 11 is 0. The Labute approximate surface area is 235 Å². The van der Waals surface area contributed by atoms with E-state index in [1.54, 1.807) is 0 Å². The molecule has 0 aromatic rings. The molecule has 0 aliphatic heterocycles. The first-order valence-corrected chi connectivity index (χ1v) is 16.1. The van der Waals surface area contributed by atoms with Gasteiger partial charge in [0.15, 0.2) is 0 Å². The Balaban J connectivity index is 0. The predicted molar refractivity (Wildman–Crippen MR) is 153 cm³/mol. The molecule has 0 aromatic carbocycles. The van der Waals surface area contributed by atoms with Crippen LogP contribution in [0, 0.1) is 0 Å². The third-order valence-corrected chi connectivity index (χ3v) is 7.94. The molecular formula is C32H68IN. The van der Waals surface area contributed by atoms with Crippen molar-refractivity contribution in [2.75, 3.05) is 26.2 Å². The molecule has 0 saturated carbocycles. The van der Waals surface area contributed by atoms with E-state index < -0.39 is 0 Å². The maximum atomic E-state index is 2.34. The van der Waals surface area contributed by atoms with Crippen LogP contribution in [0.25, 0.3) is 0 Å². The lowest BCUT2D eigenvalue weighted by atomic mass is 10.0. The summed E-state index contributed by atoms with van der Waals surface area (Å²) in [5, 5.41) is 0. The molecule has 1 nitrogen and oxygen atoms in total. The number of quaternary nitrogens is 1. The van der Waals surface area contributed by atoms with Crippen LogP contribution in [0.1, 0.15) is 182 Å². The predicted octanol–water partition coefficient (Wildman–Crippen LogP) is 8.25. The Morgan fingerprint density at radius 3 is 0.647 bits per heavy atom. The van der Waals surface area contributed by atoms with Gasteiger partial charge in [-0.25, -0.2) is 0 Å². The minimum Gasteiger partial charge on any atom is -1.00 e. The molecule has 0 unspecified atom stereocenters. The average molecular weight is 594 g/mol. The van der Waals surface area contributed by atoms with Crippen LogP contribution in [0.4, 0.5) is 0 Å². The van der Waals surface area contributed by atoms with Gasteiger partial charge in [0.2, 0.25) is 0 Å². The quantitative estimate of drug-likeness (QED) is 0.0487. The van der Waals surface area contributed by atoms with Gasteiger partial charge < -0.3 is 28.5 Å². The first-order valence-electron chi connectivity index (χ1n) is 16.1. The fourth-order valence-electron chi connectivity index (χ4n) is 5.58. The van der Waals surface area contributed by atoms with Crippen LogP contribution < -0.4 is 24.0 Å². The highest BCUT2D eigenvalue weighted by Gasteiger charge is 2.25. The normalized spacial score (nSPS) is 11.6. The molecule has 0 atom stereocenters. The second kappa shape index (κ2) is 29.9. The summed E-state index contributed by atoms with van der Waals surface area (Å²) in [5.74, 6) is 0. The van der Waals surface area contributed by atoms with Gasteiger partial charge in [-0.15, -0.1) is 0 Å². The highest BCUT2D eigenvalue weighted by atomic mass is 127. The van der Waals surface area contributed by atoms with Crippen molar-refractivity contribution in [1.29, 1.82) is 0 Å². The number of halogens is 1. The molecule has 208 valence electrons. The largest absolute Gasteiger partial charge is 1.00 e. The molecule has 2 heteroatoms. The van der Waals surface area contributed by atoms with E-state index in [1.165, 1.54) is 185 Å². The molecule has 0 saturated heterocycles. The highest BCUT2D eigenvalue weighted by molar-refractivity contribution is 4.55. The van der Waals surface area contributed by atoms with Crippen molar-refractivity contribution in [3.8, 4) is 0 Å². The third-order valence-electron chi connectivity index (χ3n) is 7.94. The lowest BCUT2D eigenvalue weighted by Gasteiger charge is -2.40. The van der Waals surface area contributed by atoms with Crippen molar-refractivity contribution in [3.05, 3.63) is 0 Å². The summed E-state index contributed by atoms with van der Waals surface area (Å²) in [4.78, 5) is 0. The smallest absolute Gasteiger partial charge is 0.0786 e. The number of nitrogens with zero attached hydrogens (tertiary/aromatic N) is 1. The van der Waals surface area contributed by atoms with Gasteiger partial charge in [-0.1, -0.05) is 130 Å². The van der Waals surface area contributed by atoms with Crippen molar-refractivity contribution in [3.63, 3.8) is 0 Å². The molecule has 0 N–H and O–H groups in total. The van der Waals surface area contributed by atoms with E-state index in [0.29, 0.717) is 0 Å². The fourth-order valence-corrected chi connectivity index (χ4v) is 5.58. The summed E-state index contributed by atoms with van der Waals surface area (Å²) < 4.78 is 1.48. The Bertz CT molecular complexity index is 287. The molecule has 0 fully saturated rings. The van der Waals surface area contributed by atoms with E-state index in [-0.39, 0.29) is 24.0 Å². The minimum absolute atomic E-state index is 0. The second-order valence-corrected chi connectivity index (χ2v) is 11.3. The summed E-state index contributed by atoms with van der Waals surface area (Å²) in [6.07, 6.45) is 34.8. The molecule has 0 bridgehead atoms. The van der Waals surface area contributed by atoms with E-state index in [9.17, 15) is 0 Å². The zero-order valence-corrected chi connectivity index (χ0v) is 26.8. The van der Waals surface area contributed by atoms with Crippen molar-refractivity contribution in [2.45, 2.75) is 182 Å². The van der Waals surface area contributed by atoms with E-state index in [0.717, 1.165) is 0 Å². The van der Waals surface area contributed by atoms with E-state index in [4.69, 9.17) is 0 Å². The van der Waals surface area contributed by atoms with Crippen LogP contribution in [0.3, 0.4) is 0 Å². The Morgan fingerprint density at radius 2 is 0.441 bits per heavy atom. The Kier molecular flexibility index (Phi) is 32.4. The molecule has 0 aliphatic carbocycles. The zero-order chi connectivity index (χ0) is 24.3. The van der Waals surface area contributed by atoms with Crippen LogP contribution in [0.2, 0.25) is 0 Å². The molecule has 0 heterocycles. The lowest BCUT2D eigenvalue weighted by molar-refractivity contribution is -0.929. The van der Waals surface area contributed by atoms with Crippen molar-refractivity contribution in [1.82, 2.24) is 0 Å². The molecule has 0 radical (unpaired) electrons. The zero-order valence-electron chi connectivity index (χ0n) is 24.6. The molecule has 0 aromatic heterocycles. The Morgan fingerprint density at radius 1 is 0.265 bits per heavy atom. The van der Waals surface area contributed by atoms with Gasteiger partial charge in [0.1, 0.15) is 0 Å². The number of unbranched alkanes of at least 4 members (excludes halogenated alkanes) is 20. The first-order chi connectivity index (χ1) is 16.2. The van der Waals surface area contributed by atoms with Gasteiger partial charge in [0.25, 0.3) is 0 Å². The van der Waals surface area contributed by atoms with Crippen molar-refractivity contribution in [2.24, 2.45) is 0 Å². The number of rotatable bonds is 28. The van der Waals surface area contributed by atoms with Crippen LogP contribution in [0.5, 0.6) is 0 Å². The van der Waals surface area contributed by atoms with E-state index in [1.807, 2.05) is 0 Å². The number of hydrogen-bond donors (Lipinski definition) is 0. The SMILES string of the molecule is CCCCCCCC[N+](CCCCCCCC)(CCCCCCCC)CCCCCCCC.[I-]. The van der Waals surface area contributed by atoms with Gasteiger partial charge >= 0.3 is 0 Å². The third kappa shape index (κ3) is 24.4. The van der Waals surface area contributed by atoms with Gasteiger partial charge in [-0.2, -0.15) is 0 Å². The summed E-state index contributed by atoms with van der Waals surface area (Å²) in [6.45, 7) is 15.3. The maximum absolute atomic E-state index is 2.34. The van der Waals surface area contributed by atoms with Crippen LogP contribution in [0.15, 0.2) is 0 Å². The van der Waals surface area contributed by atoms with Gasteiger partial charge in [0.05, 0.1) is 26.2 Å². The van der Waals surface area contributed by atoms with E-state index >= 15 is 0 Å². The van der Waals surface area contributed by atoms with Crippen LogP contribution in [-0.4, -0.2) is 30.7 Å². The van der Waals surface area contributed by atoms with Gasteiger partial charge in [0, 0.05) is 0 Å². The Hall–Kier alpha value is 0.690. The second-order valence-electron chi connectivity index (χ2n) is 11.3. The molecule has 0 amide bonds. The molecular weight excluding hydrogens is 525 g/mol.